The lowest BCUT2D eigenvalue weighted by Gasteiger charge is -2.40. The molecule has 1 unspecified atom stereocenters. The molecule has 0 radical (unpaired) electrons. The van der Waals surface area contributed by atoms with Gasteiger partial charge < -0.3 is 14.6 Å². The van der Waals surface area contributed by atoms with E-state index in [0.29, 0.717) is 0 Å². The van der Waals surface area contributed by atoms with E-state index in [4.69, 9.17) is 21.1 Å². The van der Waals surface area contributed by atoms with Gasteiger partial charge in [-0.3, -0.25) is 14.5 Å². The normalized spacial score (nSPS) is 16.4. The fourth-order valence-corrected chi connectivity index (χ4v) is 5.15. The first-order chi connectivity index (χ1) is 17.2. The summed E-state index contributed by atoms with van der Waals surface area (Å²) >= 11 is 5.82. The molecule has 12 heteroatoms. The minimum absolute atomic E-state index is 0.0524. The first-order valence-corrected chi connectivity index (χ1v) is 11.6. The van der Waals surface area contributed by atoms with Gasteiger partial charge in [-0.25, -0.2) is 18.4 Å². The van der Waals surface area contributed by atoms with Crippen molar-refractivity contribution in [3.05, 3.63) is 69.4 Å². The van der Waals surface area contributed by atoms with Crippen LogP contribution in [-0.2, 0) is 6.61 Å². The van der Waals surface area contributed by atoms with Crippen LogP contribution in [0.1, 0.15) is 46.2 Å². The number of aromatic nitrogens is 3. The Morgan fingerprint density at radius 3 is 2.38 bits per heavy atom. The molecule has 4 rings (SSSR count). The Balaban J connectivity index is 1.61. The minimum atomic E-state index is -1.24. The zero-order chi connectivity index (χ0) is 27.3. The Morgan fingerprint density at radius 1 is 1.16 bits per heavy atom. The van der Waals surface area contributed by atoms with E-state index < -0.39 is 46.2 Å². The number of carbonyl (C=O) groups is 1. The quantitative estimate of drug-likeness (QED) is 0.440. The van der Waals surface area contributed by atoms with E-state index in [0.717, 1.165) is 17.0 Å². The molecule has 1 amide bonds. The van der Waals surface area contributed by atoms with Gasteiger partial charge >= 0.3 is 11.8 Å². The number of benzene rings is 1. The number of carboxylic acid groups (broad SMARTS) is 1. The first kappa shape index (κ1) is 26.3. The standard InChI is InChI=1S/C25H25ClF2N4O5/c1-24(2,3)21-25(4,5)32(23(34)35)19-9-18(30-22(33)31(19)21)36-12-13-6-16(27)20(17(28)7-13)37-15-8-14(26)10-29-11-15/h6-11,21H,12H2,1-5H3,(H,34,35). The van der Waals surface area contributed by atoms with Gasteiger partial charge in [0.2, 0.25) is 5.88 Å². The summed E-state index contributed by atoms with van der Waals surface area (Å²) in [7, 11) is 0. The summed E-state index contributed by atoms with van der Waals surface area (Å²) in [5, 5.41) is 10.2. The van der Waals surface area contributed by atoms with E-state index in [1.165, 1.54) is 29.1 Å². The molecule has 1 N–H and O–H groups in total. The minimum Gasteiger partial charge on any atom is -0.473 e. The second-order valence-electron chi connectivity index (χ2n) is 10.3. The Kier molecular flexibility index (Phi) is 6.61. The number of fused-ring (bicyclic) bond motifs is 1. The fourth-order valence-electron chi connectivity index (χ4n) is 4.99. The molecule has 2 aromatic heterocycles. The molecule has 0 spiro atoms. The molecular weight excluding hydrogens is 510 g/mol. The molecule has 3 heterocycles. The largest absolute Gasteiger partial charge is 0.473 e. The highest BCUT2D eigenvalue weighted by Gasteiger charge is 2.53. The summed E-state index contributed by atoms with van der Waals surface area (Å²) in [5.41, 5.74) is -2.04. The van der Waals surface area contributed by atoms with Crippen molar-refractivity contribution >= 4 is 23.5 Å². The maximum atomic E-state index is 14.6. The van der Waals surface area contributed by atoms with Crippen LogP contribution < -0.4 is 20.1 Å². The average molecular weight is 535 g/mol. The summed E-state index contributed by atoms with van der Waals surface area (Å²) in [6.07, 6.45) is 1.36. The predicted octanol–water partition coefficient (Wildman–Crippen LogP) is 5.81. The Bertz CT molecular complexity index is 1410. The second kappa shape index (κ2) is 9.29. The summed E-state index contributed by atoms with van der Waals surface area (Å²) in [5.74, 6) is -2.66. The van der Waals surface area contributed by atoms with Crippen LogP contribution in [0, 0.1) is 17.0 Å². The lowest BCUT2D eigenvalue weighted by molar-refractivity contribution is 0.160. The molecule has 3 aromatic rings. The summed E-state index contributed by atoms with van der Waals surface area (Å²) in [4.78, 5) is 34.0. The van der Waals surface area contributed by atoms with E-state index >= 15 is 0 Å². The molecule has 1 aromatic carbocycles. The van der Waals surface area contributed by atoms with Crippen molar-refractivity contribution in [1.29, 1.82) is 0 Å². The Hall–Kier alpha value is -3.73. The summed E-state index contributed by atoms with van der Waals surface area (Å²) in [6, 6.07) is 4.21. The van der Waals surface area contributed by atoms with Crippen molar-refractivity contribution in [3.8, 4) is 17.4 Å². The summed E-state index contributed by atoms with van der Waals surface area (Å²) in [6.45, 7) is 8.85. The van der Waals surface area contributed by atoms with Gasteiger partial charge in [-0.15, -0.1) is 0 Å². The van der Waals surface area contributed by atoms with Gasteiger partial charge in [0.05, 0.1) is 22.8 Å². The third kappa shape index (κ3) is 4.95. The van der Waals surface area contributed by atoms with E-state index in [-0.39, 0.29) is 34.6 Å². The molecule has 9 nitrogen and oxygen atoms in total. The van der Waals surface area contributed by atoms with E-state index in [1.807, 2.05) is 20.8 Å². The van der Waals surface area contributed by atoms with Gasteiger partial charge in [-0.1, -0.05) is 32.4 Å². The van der Waals surface area contributed by atoms with Crippen LogP contribution in [0.2, 0.25) is 5.02 Å². The predicted molar refractivity (Wildman–Crippen MR) is 132 cm³/mol. The van der Waals surface area contributed by atoms with Crippen molar-refractivity contribution in [1.82, 2.24) is 14.5 Å². The third-order valence-corrected chi connectivity index (χ3v) is 6.21. The van der Waals surface area contributed by atoms with Crippen LogP contribution in [0.5, 0.6) is 17.4 Å². The van der Waals surface area contributed by atoms with Gasteiger partial charge in [0, 0.05) is 18.3 Å². The van der Waals surface area contributed by atoms with Crippen molar-refractivity contribution in [2.75, 3.05) is 4.90 Å². The number of hydrogen-bond acceptors (Lipinski definition) is 6. The number of halogens is 3. The molecule has 196 valence electrons. The number of pyridine rings is 1. The molecular formula is C25H25ClF2N4O5. The van der Waals surface area contributed by atoms with Crippen molar-refractivity contribution in [2.24, 2.45) is 5.41 Å². The van der Waals surface area contributed by atoms with Gasteiger partial charge in [0.15, 0.2) is 17.4 Å². The van der Waals surface area contributed by atoms with Crippen molar-refractivity contribution in [3.63, 3.8) is 0 Å². The van der Waals surface area contributed by atoms with E-state index in [1.54, 1.807) is 13.8 Å². The molecule has 0 aliphatic carbocycles. The SMILES string of the molecule is CC(C)(C)C1n2c(cc(OCc3cc(F)c(Oc4cncc(Cl)c4)c(F)c3)nc2=O)N(C(=O)O)C1(C)C. The maximum Gasteiger partial charge on any atom is 0.413 e. The van der Waals surface area contributed by atoms with Gasteiger partial charge in [-0.2, -0.15) is 4.98 Å². The molecule has 37 heavy (non-hydrogen) atoms. The van der Waals surface area contributed by atoms with E-state index in [9.17, 15) is 23.5 Å². The van der Waals surface area contributed by atoms with Crippen molar-refractivity contribution in [2.45, 2.75) is 52.8 Å². The maximum absolute atomic E-state index is 14.6. The second-order valence-corrected chi connectivity index (χ2v) is 10.7. The average Bonchev–Trinajstić information content (AvgIpc) is 3.02. The Morgan fingerprint density at radius 2 is 1.81 bits per heavy atom. The number of anilines is 1. The van der Waals surface area contributed by atoms with E-state index in [2.05, 4.69) is 9.97 Å². The number of amides is 1. The topological polar surface area (TPSA) is 107 Å². The zero-order valence-electron chi connectivity index (χ0n) is 20.8. The van der Waals surface area contributed by atoms with Crippen LogP contribution in [0.3, 0.4) is 0 Å². The Labute approximate surface area is 216 Å². The van der Waals surface area contributed by atoms with Crippen LogP contribution in [0.15, 0.2) is 41.5 Å². The third-order valence-electron chi connectivity index (χ3n) is 6.00. The number of rotatable bonds is 5. The first-order valence-electron chi connectivity index (χ1n) is 11.3. The van der Waals surface area contributed by atoms with Crippen LogP contribution in [0.4, 0.5) is 19.4 Å². The number of hydrogen-bond donors (Lipinski definition) is 1. The molecule has 1 aliphatic heterocycles. The smallest absolute Gasteiger partial charge is 0.413 e. The van der Waals surface area contributed by atoms with Gasteiger partial charge in [0.25, 0.3) is 0 Å². The lowest BCUT2D eigenvalue weighted by Crippen LogP contribution is -2.50. The molecule has 1 atom stereocenters. The molecule has 0 saturated heterocycles. The van der Waals surface area contributed by atoms with Gasteiger partial charge in [0.1, 0.15) is 18.2 Å². The van der Waals surface area contributed by atoms with Crippen LogP contribution >= 0.6 is 11.6 Å². The molecule has 0 bridgehead atoms. The molecule has 1 aliphatic rings. The molecule has 0 saturated carbocycles. The van der Waals surface area contributed by atoms with Crippen LogP contribution in [-0.4, -0.2) is 31.3 Å². The highest BCUT2D eigenvalue weighted by atomic mass is 35.5. The fraction of sp³-hybridized carbons (Fsp3) is 0.360. The lowest BCUT2D eigenvalue weighted by atomic mass is 9.76. The molecule has 0 fully saturated rings. The zero-order valence-corrected chi connectivity index (χ0v) is 21.5. The number of nitrogens with zero attached hydrogens (tertiary/aromatic N) is 4. The highest BCUT2D eigenvalue weighted by molar-refractivity contribution is 6.30. The highest BCUT2D eigenvalue weighted by Crippen LogP contribution is 2.49. The van der Waals surface area contributed by atoms with Gasteiger partial charge in [-0.05, 0) is 37.0 Å². The van der Waals surface area contributed by atoms with Crippen LogP contribution in [0.25, 0.3) is 0 Å². The monoisotopic (exact) mass is 534 g/mol. The number of ether oxygens (including phenoxy) is 2. The van der Waals surface area contributed by atoms with Crippen molar-refractivity contribution < 1.29 is 28.2 Å². The summed E-state index contributed by atoms with van der Waals surface area (Å²) < 4.78 is 41.4.